The van der Waals surface area contributed by atoms with E-state index in [4.69, 9.17) is 0 Å². The molecule has 0 radical (unpaired) electrons. The van der Waals surface area contributed by atoms with Crippen molar-refractivity contribution in [2.75, 3.05) is 0 Å². The number of fused-ring (bicyclic) bond motifs is 1. The topological polar surface area (TPSA) is 20.2 Å². The number of rotatable bonds is 4. The van der Waals surface area contributed by atoms with Gasteiger partial charge >= 0.3 is 0 Å². The lowest BCUT2D eigenvalue weighted by atomic mass is 9.83. The van der Waals surface area contributed by atoms with Gasteiger partial charge in [0.25, 0.3) is 0 Å². The number of aromatic hydroxyl groups is 1. The first-order valence-corrected chi connectivity index (χ1v) is 7.67. The minimum atomic E-state index is 0.403. The highest BCUT2D eigenvalue weighted by Gasteiger charge is 2.18. The summed E-state index contributed by atoms with van der Waals surface area (Å²) in [4.78, 5) is 0. The summed E-state index contributed by atoms with van der Waals surface area (Å²) in [5.41, 5.74) is 3.88. The number of hydrogen-bond acceptors (Lipinski definition) is 1. The minimum Gasteiger partial charge on any atom is -0.507 e. The number of aryl methyl sites for hydroxylation is 2. The van der Waals surface area contributed by atoms with Crippen LogP contribution in [0.5, 0.6) is 5.75 Å². The van der Waals surface area contributed by atoms with Gasteiger partial charge in [-0.15, -0.1) is 0 Å². The molecule has 0 bridgehead atoms. The van der Waals surface area contributed by atoms with Crippen LogP contribution in [0.25, 0.3) is 10.8 Å². The van der Waals surface area contributed by atoms with Crippen LogP contribution in [0.1, 0.15) is 56.2 Å². The normalized spacial score (nSPS) is 14.4. The molecule has 0 aromatic heterocycles. The van der Waals surface area contributed by atoms with Gasteiger partial charge in [0.2, 0.25) is 0 Å². The Morgan fingerprint density at radius 1 is 1.10 bits per heavy atom. The van der Waals surface area contributed by atoms with Crippen LogP contribution in [-0.2, 0) is 0 Å². The van der Waals surface area contributed by atoms with Crippen molar-refractivity contribution in [2.45, 2.75) is 53.4 Å². The van der Waals surface area contributed by atoms with E-state index < -0.39 is 0 Å². The van der Waals surface area contributed by atoms with Crippen molar-refractivity contribution in [1.82, 2.24) is 0 Å². The summed E-state index contributed by atoms with van der Waals surface area (Å²) in [6.07, 6.45) is 2.42. The highest BCUT2D eigenvalue weighted by molar-refractivity contribution is 5.94. The molecule has 20 heavy (non-hydrogen) atoms. The molecule has 2 aromatic rings. The molecule has 1 heteroatoms. The van der Waals surface area contributed by atoms with Crippen molar-refractivity contribution < 1.29 is 5.11 Å². The second-order valence-corrected chi connectivity index (χ2v) is 6.27. The van der Waals surface area contributed by atoms with Gasteiger partial charge in [0.05, 0.1) is 0 Å². The molecule has 0 saturated carbocycles. The number of phenolic OH excluding ortho intramolecular Hbond substituents is 1. The maximum Gasteiger partial charge on any atom is 0.123 e. The minimum absolute atomic E-state index is 0.403. The first kappa shape index (κ1) is 14.9. The lowest BCUT2D eigenvalue weighted by Crippen LogP contribution is -2.04. The average molecular weight is 270 g/mol. The molecule has 1 N–H and O–H groups in total. The zero-order valence-electron chi connectivity index (χ0n) is 13.3. The third-order valence-electron chi connectivity index (χ3n) is 4.54. The van der Waals surface area contributed by atoms with E-state index >= 15 is 0 Å². The maximum absolute atomic E-state index is 10.2. The van der Waals surface area contributed by atoms with Crippen LogP contribution in [0.2, 0.25) is 0 Å². The number of hydrogen-bond donors (Lipinski definition) is 1. The fourth-order valence-electron chi connectivity index (χ4n) is 3.32. The van der Waals surface area contributed by atoms with Crippen molar-refractivity contribution in [3.63, 3.8) is 0 Å². The van der Waals surface area contributed by atoms with Gasteiger partial charge in [0, 0.05) is 5.39 Å². The van der Waals surface area contributed by atoms with Crippen molar-refractivity contribution in [1.29, 1.82) is 0 Å². The third-order valence-corrected chi connectivity index (χ3v) is 4.54. The molecule has 0 aliphatic carbocycles. The molecule has 108 valence electrons. The Balaban J connectivity index is 2.63. The highest BCUT2D eigenvalue weighted by atomic mass is 16.3. The predicted molar refractivity (Wildman–Crippen MR) is 87.6 cm³/mol. The van der Waals surface area contributed by atoms with Gasteiger partial charge in [0.1, 0.15) is 5.75 Å². The molecule has 2 atom stereocenters. The van der Waals surface area contributed by atoms with Gasteiger partial charge < -0.3 is 5.11 Å². The first-order chi connectivity index (χ1) is 9.45. The Morgan fingerprint density at radius 3 is 2.45 bits per heavy atom. The van der Waals surface area contributed by atoms with E-state index in [0.29, 0.717) is 11.7 Å². The van der Waals surface area contributed by atoms with Gasteiger partial charge in [-0.2, -0.15) is 0 Å². The lowest BCUT2D eigenvalue weighted by Gasteiger charge is -2.22. The third kappa shape index (κ3) is 2.67. The molecule has 2 rings (SSSR count). The van der Waals surface area contributed by atoms with Gasteiger partial charge in [0.15, 0.2) is 0 Å². The second kappa shape index (κ2) is 5.87. The van der Waals surface area contributed by atoms with Crippen LogP contribution >= 0.6 is 0 Å². The smallest absolute Gasteiger partial charge is 0.123 e. The van der Waals surface area contributed by atoms with Gasteiger partial charge in [-0.1, -0.05) is 45.4 Å². The van der Waals surface area contributed by atoms with Crippen LogP contribution in [0.3, 0.4) is 0 Å². The van der Waals surface area contributed by atoms with Crippen LogP contribution in [0, 0.1) is 19.8 Å². The fourth-order valence-corrected chi connectivity index (χ4v) is 3.32. The summed E-state index contributed by atoms with van der Waals surface area (Å²) >= 11 is 0. The van der Waals surface area contributed by atoms with Crippen molar-refractivity contribution in [3.05, 3.63) is 41.0 Å². The Hall–Kier alpha value is -1.50. The fraction of sp³-hybridized carbons (Fsp3) is 0.474. The van der Waals surface area contributed by atoms with Crippen molar-refractivity contribution in [3.8, 4) is 5.75 Å². The van der Waals surface area contributed by atoms with E-state index in [-0.39, 0.29) is 0 Å². The Bertz CT molecular complexity index is 613. The van der Waals surface area contributed by atoms with Crippen LogP contribution in [0.15, 0.2) is 24.3 Å². The zero-order valence-corrected chi connectivity index (χ0v) is 13.3. The predicted octanol–water partition coefficient (Wildman–Crippen LogP) is 5.70. The maximum atomic E-state index is 10.2. The van der Waals surface area contributed by atoms with E-state index in [1.807, 2.05) is 18.2 Å². The first-order valence-electron chi connectivity index (χ1n) is 7.67. The van der Waals surface area contributed by atoms with Crippen molar-refractivity contribution in [2.24, 2.45) is 5.92 Å². The quantitative estimate of drug-likeness (QED) is 0.755. The summed E-state index contributed by atoms with van der Waals surface area (Å²) in [7, 11) is 0. The molecular weight excluding hydrogens is 244 g/mol. The Morgan fingerprint density at radius 2 is 1.80 bits per heavy atom. The standard InChI is InChI=1S/C19H26O/c1-6-12(2)10-14(4)18-15(5)11-17(20)16-9-7-8-13(3)19(16)18/h7-9,11-12,14,20H,6,10H2,1-5H3. The van der Waals surface area contributed by atoms with Crippen LogP contribution in [0.4, 0.5) is 0 Å². The highest BCUT2D eigenvalue weighted by Crippen LogP contribution is 2.38. The van der Waals surface area contributed by atoms with Crippen molar-refractivity contribution >= 4 is 10.8 Å². The molecule has 0 saturated heterocycles. The molecule has 0 spiro atoms. The van der Waals surface area contributed by atoms with E-state index in [9.17, 15) is 5.11 Å². The van der Waals surface area contributed by atoms with Gasteiger partial charge in [-0.25, -0.2) is 0 Å². The largest absolute Gasteiger partial charge is 0.507 e. The second-order valence-electron chi connectivity index (χ2n) is 6.27. The van der Waals surface area contributed by atoms with E-state index in [1.54, 1.807) is 0 Å². The molecule has 0 aliphatic heterocycles. The van der Waals surface area contributed by atoms with Gasteiger partial charge in [-0.05, 0) is 60.2 Å². The van der Waals surface area contributed by atoms with E-state index in [0.717, 1.165) is 11.3 Å². The molecule has 0 fully saturated rings. The molecule has 0 heterocycles. The van der Waals surface area contributed by atoms with Crippen LogP contribution < -0.4 is 0 Å². The zero-order chi connectivity index (χ0) is 14.9. The molecule has 1 nitrogen and oxygen atoms in total. The average Bonchev–Trinajstić information content (AvgIpc) is 2.39. The summed E-state index contributed by atoms with van der Waals surface area (Å²) < 4.78 is 0. The van der Waals surface area contributed by atoms with E-state index in [1.165, 1.54) is 34.9 Å². The SMILES string of the molecule is CCC(C)CC(C)c1c(C)cc(O)c2cccc(C)c12. The molecule has 0 amide bonds. The van der Waals surface area contributed by atoms with Gasteiger partial charge in [-0.3, -0.25) is 0 Å². The summed E-state index contributed by atoms with van der Waals surface area (Å²) in [5.74, 6) is 1.66. The summed E-state index contributed by atoms with van der Waals surface area (Å²) in [6, 6.07) is 8.11. The number of phenols is 1. The molecular formula is C19H26O. The number of benzene rings is 2. The summed E-state index contributed by atoms with van der Waals surface area (Å²) in [5, 5.41) is 12.4. The Kier molecular flexibility index (Phi) is 4.37. The monoisotopic (exact) mass is 270 g/mol. The van der Waals surface area contributed by atoms with E-state index in [2.05, 4.69) is 40.7 Å². The summed E-state index contributed by atoms with van der Waals surface area (Å²) in [6.45, 7) is 11.2. The molecule has 2 unspecified atom stereocenters. The molecule has 0 aliphatic rings. The Labute approximate surface area is 122 Å². The lowest BCUT2D eigenvalue weighted by molar-refractivity contribution is 0.469. The van der Waals surface area contributed by atoms with Crippen LogP contribution in [-0.4, -0.2) is 5.11 Å². The molecule has 2 aromatic carbocycles.